The van der Waals surface area contributed by atoms with Crippen LogP contribution < -0.4 is 9.30 Å². The molecule has 5 aromatic rings. The highest BCUT2D eigenvalue weighted by atomic mass is 16.5. The van der Waals surface area contributed by atoms with Gasteiger partial charge in [0.25, 0.3) is 0 Å². The Kier molecular flexibility index (Phi) is 4.52. The number of nitrogens with zero attached hydrogens (tertiary/aromatic N) is 1. The van der Waals surface area contributed by atoms with E-state index in [-0.39, 0.29) is 0 Å². The van der Waals surface area contributed by atoms with Crippen LogP contribution in [-0.2, 0) is 13.5 Å². The van der Waals surface area contributed by atoms with Crippen molar-refractivity contribution in [2.75, 3.05) is 0 Å². The normalized spacial score (nSPS) is 15.2. The van der Waals surface area contributed by atoms with Crippen LogP contribution in [0.4, 0.5) is 0 Å². The fourth-order valence-corrected chi connectivity index (χ4v) is 6.86. The summed E-state index contributed by atoms with van der Waals surface area (Å²) in [7, 11) is 2.17. The first-order valence-electron chi connectivity index (χ1n) is 13.1. The number of aryl methyl sites for hydroxylation is 4. The SMILES string of the molecule is Cc1ccc2c(C)c3c(c(C)c2c1)-c1c2c(cc4c(CC5CCCC5)cccc4c2cc[n+]1C)O3. The molecular formula is C33H32NO+. The number of benzene rings is 4. The minimum Gasteiger partial charge on any atom is -0.455 e. The van der Waals surface area contributed by atoms with Crippen LogP contribution >= 0.6 is 0 Å². The summed E-state index contributed by atoms with van der Waals surface area (Å²) in [6.45, 7) is 6.65. The van der Waals surface area contributed by atoms with Crippen LogP contribution in [0.2, 0.25) is 0 Å². The zero-order chi connectivity index (χ0) is 23.8. The monoisotopic (exact) mass is 458 g/mol. The van der Waals surface area contributed by atoms with Crippen molar-refractivity contribution in [3.8, 4) is 22.8 Å². The molecule has 0 saturated heterocycles. The molecule has 2 heterocycles. The van der Waals surface area contributed by atoms with Crippen LogP contribution in [0.3, 0.4) is 0 Å². The molecule has 1 fully saturated rings. The number of hydrogen-bond acceptors (Lipinski definition) is 1. The van der Waals surface area contributed by atoms with Gasteiger partial charge in [0.1, 0.15) is 18.5 Å². The highest BCUT2D eigenvalue weighted by Crippen LogP contribution is 2.52. The highest BCUT2D eigenvalue weighted by Gasteiger charge is 2.33. The van der Waals surface area contributed by atoms with E-state index in [4.69, 9.17) is 4.74 Å². The molecule has 0 atom stereocenters. The summed E-state index contributed by atoms with van der Waals surface area (Å²) in [6, 6.07) is 18.3. The van der Waals surface area contributed by atoms with Gasteiger partial charge in [-0.25, -0.2) is 4.57 Å². The van der Waals surface area contributed by atoms with E-state index in [2.05, 4.69) is 87.1 Å². The topological polar surface area (TPSA) is 13.1 Å². The van der Waals surface area contributed by atoms with Gasteiger partial charge in [-0.3, -0.25) is 0 Å². The largest absolute Gasteiger partial charge is 0.455 e. The fourth-order valence-electron chi connectivity index (χ4n) is 6.86. The molecule has 174 valence electrons. The molecule has 2 heteroatoms. The number of fused-ring (bicyclic) bond motifs is 5. The average Bonchev–Trinajstić information content (AvgIpc) is 3.37. The third-order valence-corrected chi connectivity index (χ3v) is 8.69. The van der Waals surface area contributed by atoms with E-state index >= 15 is 0 Å². The van der Waals surface area contributed by atoms with Crippen molar-refractivity contribution in [1.29, 1.82) is 0 Å². The second-order valence-electron chi connectivity index (χ2n) is 10.9. The van der Waals surface area contributed by atoms with Crippen LogP contribution in [-0.4, -0.2) is 0 Å². The van der Waals surface area contributed by atoms with Gasteiger partial charge in [0, 0.05) is 17.0 Å². The minimum atomic E-state index is 0.818. The molecule has 0 radical (unpaired) electrons. The molecule has 0 amide bonds. The molecule has 1 aliphatic heterocycles. The predicted molar refractivity (Wildman–Crippen MR) is 146 cm³/mol. The number of ether oxygens (including phenoxy) is 1. The Morgan fingerprint density at radius 3 is 2.49 bits per heavy atom. The Hall–Kier alpha value is -3.39. The van der Waals surface area contributed by atoms with Crippen molar-refractivity contribution in [3.63, 3.8) is 0 Å². The van der Waals surface area contributed by atoms with Gasteiger partial charge in [-0.15, -0.1) is 0 Å². The van der Waals surface area contributed by atoms with Crippen LogP contribution in [0.5, 0.6) is 11.5 Å². The van der Waals surface area contributed by atoms with Crippen LogP contribution in [0, 0.1) is 26.7 Å². The van der Waals surface area contributed by atoms with Crippen molar-refractivity contribution in [2.24, 2.45) is 13.0 Å². The lowest BCUT2D eigenvalue weighted by molar-refractivity contribution is -0.659. The van der Waals surface area contributed by atoms with Gasteiger partial charge in [0.15, 0.2) is 6.20 Å². The molecule has 4 aromatic carbocycles. The van der Waals surface area contributed by atoms with Crippen LogP contribution in [0.15, 0.2) is 54.7 Å². The quantitative estimate of drug-likeness (QED) is 0.187. The van der Waals surface area contributed by atoms with E-state index in [1.54, 1.807) is 0 Å². The Labute approximate surface area is 207 Å². The van der Waals surface area contributed by atoms with Crippen molar-refractivity contribution < 1.29 is 9.30 Å². The Bertz CT molecular complexity index is 1690. The van der Waals surface area contributed by atoms with E-state index in [0.717, 1.165) is 17.4 Å². The molecule has 35 heavy (non-hydrogen) atoms. The molecule has 2 nitrogen and oxygen atoms in total. The lowest BCUT2D eigenvalue weighted by Gasteiger charge is -2.25. The Morgan fingerprint density at radius 1 is 0.829 bits per heavy atom. The van der Waals surface area contributed by atoms with Gasteiger partial charge in [-0.05, 0) is 71.8 Å². The van der Waals surface area contributed by atoms with Crippen LogP contribution in [0.25, 0.3) is 43.6 Å². The summed E-state index contributed by atoms with van der Waals surface area (Å²) in [5, 5.41) is 7.85. The zero-order valence-electron chi connectivity index (χ0n) is 21.2. The molecular weight excluding hydrogens is 426 g/mol. The van der Waals surface area contributed by atoms with Gasteiger partial charge in [-0.2, -0.15) is 0 Å². The first kappa shape index (κ1) is 20.9. The summed E-state index contributed by atoms with van der Waals surface area (Å²) >= 11 is 0. The van der Waals surface area contributed by atoms with Crippen molar-refractivity contribution in [3.05, 3.63) is 77.0 Å². The van der Waals surface area contributed by atoms with Crippen molar-refractivity contribution >= 4 is 32.3 Å². The first-order chi connectivity index (χ1) is 17.0. The Balaban J connectivity index is 1.56. The molecule has 0 spiro atoms. The fraction of sp³-hybridized carbons (Fsp3) is 0.303. The summed E-state index contributed by atoms with van der Waals surface area (Å²) in [5.74, 6) is 2.83. The van der Waals surface area contributed by atoms with E-state index in [9.17, 15) is 0 Å². The molecule has 0 bridgehead atoms. The van der Waals surface area contributed by atoms with E-state index in [1.165, 1.54) is 97.9 Å². The lowest BCUT2D eigenvalue weighted by Crippen LogP contribution is -2.32. The van der Waals surface area contributed by atoms with Crippen LogP contribution in [0.1, 0.15) is 47.9 Å². The highest BCUT2D eigenvalue weighted by molar-refractivity contribution is 6.16. The third kappa shape index (κ3) is 2.99. The molecule has 0 unspecified atom stereocenters. The maximum atomic E-state index is 6.87. The molecule has 2 aliphatic rings. The molecule has 1 aromatic heterocycles. The van der Waals surface area contributed by atoms with Crippen molar-refractivity contribution in [2.45, 2.75) is 52.9 Å². The molecule has 1 aliphatic carbocycles. The standard InChI is InChI=1S/C33H32NO/c1-19-12-13-24-21(3)33-30(20(2)27(24)16-19)32-31-26(14-15-34(32)4)25-11-7-10-23(17-22-8-5-6-9-22)28(25)18-29(31)35-33/h7,10-16,18,22H,5-6,8-9,17H2,1-4H3/q+1. The number of rotatable bonds is 2. The van der Waals surface area contributed by atoms with Crippen molar-refractivity contribution in [1.82, 2.24) is 0 Å². The van der Waals surface area contributed by atoms with Gasteiger partial charge < -0.3 is 4.74 Å². The Morgan fingerprint density at radius 2 is 1.66 bits per heavy atom. The van der Waals surface area contributed by atoms with Gasteiger partial charge >= 0.3 is 0 Å². The molecule has 7 rings (SSSR count). The number of pyridine rings is 1. The second-order valence-corrected chi connectivity index (χ2v) is 10.9. The predicted octanol–water partition coefficient (Wildman–Crippen LogP) is 8.40. The van der Waals surface area contributed by atoms with E-state index in [0.29, 0.717) is 0 Å². The van der Waals surface area contributed by atoms with Gasteiger partial charge in [0.05, 0.1) is 10.9 Å². The number of hydrogen-bond donors (Lipinski definition) is 0. The minimum absolute atomic E-state index is 0.818. The maximum Gasteiger partial charge on any atom is 0.228 e. The summed E-state index contributed by atoms with van der Waals surface area (Å²) in [6.07, 6.45) is 8.91. The third-order valence-electron chi connectivity index (χ3n) is 8.69. The summed E-state index contributed by atoms with van der Waals surface area (Å²) in [5.41, 5.74) is 7.79. The molecule has 0 N–H and O–H groups in total. The van der Waals surface area contributed by atoms with E-state index in [1.807, 2.05) is 0 Å². The number of aromatic nitrogens is 1. The first-order valence-corrected chi connectivity index (χ1v) is 13.1. The van der Waals surface area contributed by atoms with Gasteiger partial charge in [0.2, 0.25) is 5.69 Å². The maximum absolute atomic E-state index is 6.87. The molecule has 1 saturated carbocycles. The smallest absolute Gasteiger partial charge is 0.228 e. The van der Waals surface area contributed by atoms with Gasteiger partial charge in [-0.1, -0.05) is 67.6 Å². The van der Waals surface area contributed by atoms with E-state index < -0.39 is 0 Å². The summed E-state index contributed by atoms with van der Waals surface area (Å²) in [4.78, 5) is 0. The second kappa shape index (κ2) is 7.55. The summed E-state index contributed by atoms with van der Waals surface area (Å²) < 4.78 is 9.16. The average molecular weight is 459 g/mol. The lowest BCUT2D eigenvalue weighted by atomic mass is 9.86. The zero-order valence-corrected chi connectivity index (χ0v) is 21.2.